The number of hydrogen-bond donors (Lipinski definition) is 1. The summed E-state index contributed by atoms with van der Waals surface area (Å²) in [6, 6.07) is 1.50. The van der Waals surface area contributed by atoms with Crippen molar-refractivity contribution >= 4 is 5.78 Å². The van der Waals surface area contributed by atoms with E-state index in [-0.39, 0.29) is 5.41 Å². The predicted octanol–water partition coefficient (Wildman–Crippen LogP) is 6.18. The van der Waals surface area contributed by atoms with Gasteiger partial charge in [-0.25, -0.2) is 0 Å². The van der Waals surface area contributed by atoms with Gasteiger partial charge < -0.3 is 19.5 Å². The maximum atomic E-state index is 13.4. The predicted molar refractivity (Wildman–Crippen MR) is 148 cm³/mol. The number of ketones is 1. The molecule has 1 spiro atoms. The van der Waals surface area contributed by atoms with E-state index in [1.807, 2.05) is 0 Å². The second-order valence-electron chi connectivity index (χ2n) is 14.7. The lowest BCUT2D eigenvalue weighted by atomic mass is 9.50. The van der Waals surface area contributed by atoms with Gasteiger partial charge in [0.05, 0.1) is 18.8 Å². The van der Waals surface area contributed by atoms with E-state index >= 15 is 0 Å². The highest BCUT2D eigenvalue weighted by Crippen LogP contribution is 2.64. The van der Waals surface area contributed by atoms with E-state index in [0.29, 0.717) is 49.1 Å². The van der Waals surface area contributed by atoms with Crippen LogP contribution in [-0.2, 0) is 14.3 Å². The Morgan fingerprint density at radius 2 is 1.55 bits per heavy atom. The summed E-state index contributed by atoms with van der Waals surface area (Å²) >= 11 is 0. The van der Waals surface area contributed by atoms with Gasteiger partial charge >= 0.3 is 0 Å². The molecule has 7 aliphatic rings. The molecule has 212 valence electrons. The number of allylic oxidation sites excluding steroid dienone is 1. The van der Waals surface area contributed by atoms with Crippen molar-refractivity contribution in [2.24, 2.45) is 29.1 Å². The third-order valence-corrected chi connectivity index (χ3v) is 13.0. The summed E-state index contributed by atoms with van der Waals surface area (Å²) in [6.45, 7) is 3.61. The minimum atomic E-state index is -0.790. The molecular weight excluding hydrogens is 474 g/mol. The lowest BCUT2D eigenvalue weighted by molar-refractivity contribution is -0.208. The van der Waals surface area contributed by atoms with Crippen molar-refractivity contribution in [1.82, 2.24) is 4.90 Å². The quantitative estimate of drug-likeness (QED) is 0.446. The Hall–Kier alpha value is -0.750. The van der Waals surface area contributed by atoms with Crippen LogP contribution in [0.1, 0.15) is 116 Å². The van der Waals surface area contributed by atoms with E-state index in [2.05, 4.69) is 18.9 Å². The largest absolute Gasteiger partial charge is 0.385 e. The van der Waals surface area contributed by atoms with Crippen LogP contribution in [0.4, 0.5) is 0 Å². The molecule has 1 aliphatic heterocycles. The maximum absolute atomic E-state index is 13.4. The first-order valence-corrected chi connectivity index (χ1v) is 16.3. The first-order chi connectivity index (χ1) is 18.3. The average Bonchev–Trinajstić information content (AvgIpc) is 3.51. The van der Waals surface area contributed by atoms with Crippen LogP contribution in [-0.4, -0.2) is 59.5 Å². The summed E-state index contributed by atoms with van der Waals surface area (Å²) in [6.07, 6.45) is 19.2. The zero-order valence-corrected chi connectivity index (χ0v) is 24.0. The van der Waals surface area contributed by atoms with E-state index in [0.717, 1.165) is 57.0 Å². The Morgan fingerprint density at radius 3 is 2.29 bits per heavy atom. The Kier molecular flexibility index (Phi) is 6.66. The second kappa shape index (κ2) is 9.67. The van der Waals surface area contributed by atoms with Gasteiger partial charge in [-0.3, -0.25) is 4.79 Å². The number of ether oxygens (including phenoxy) is 2. The molecule has 6 aliphatic carbocycles. The monoisotopic (exact) mass is 525 g/mol. The third kappa shape index (κ3) is 4.11. The van der Waals surface area contributed by atoms with Crippen LogP contribution < -0.4 is 0 Å². The summed E-state index contributed by atoms with van der Waals surface area (Å²) in [5, 5.41) is 12.2. The Labute approximate surface area is 230 Å². The van der Waals surface area contributed by atoms with Gasteiger partial charge in [0.15, 0.2) is 5.79 Å². The molecular formula is C33H51NO4. The van der Waals surface area contributed by atoms with Crippen molar-refractivity contribution in [3.63, 3.8) is 0 Å². The van der Waals surface area contributed by atoms with Crippen molar-refractivity contribution < 1.29 is 19.4 Å². The van der Waals surface area contributed by atoms with Crippen LogP contribution in [0.3, 0.4) is 0 Å². The SMILES string of the molecule is CN(C1CCCCC1)C1CCC(C2CC3(C)C(=O)CCC3C3CC[C@@]4(O)CC5(CCC4=C23)OCCO5)CC1. The molecule has 5 atom stereocenters. The van der Waals surface area contributed by atoms with Crippen molar-refractivity contribution in [1.29, 1.82) is 0 Å². The molecule has 5 heteroatoms. The molecule has 7 rings (SSSR count). The van der Waals surface area contributed by atoms with Gasteiger partial charge in [-0.2, -0.15) is 0 Å². The van der Waals surface area contributed by atoms with Crippen molar-refractivity contribution in [3.05, 3.63) is 11.1 Å². The lowest BCUT2D eigenvalue weighted by Gasteiger charge is -2.56. The van der Waals surface area contributed by atoms with Crippen molar-refractivity contribution in [2.45, 2.75) is 140 Å². The smallest absolute Gasteiger partial charge is 0.171 e. The molecule has 38 heavy (non-hydrogen) atoms. The van der Waals surface area contributed by atoms with Crippen molar-refractivity contribution in [2.75, 3.05) is 20.3 Å². The van der Waals surface area contributed by atoms with E-state index in [1.54, 1.807) is 5.57 Å². The number of hydrogen-bond acceptors (Lipinski definition) is 5. The van der Waals surface area contributed by atoms with Crippen LogP contribution in [0.25, 0.3) is 0 Å². The van der Waals surface area contributed by atoms with E-state index in [1.165, 1.54) is 63.4 Å². The fourth-order valence-electron chi connectivity index (χ4n) is 11.0. The van der Waals surface area contributed by atoms with E-state index in [9.17, 15) is 9.90 Å². The number of rotatable bonds is 3. The number of carbonyl (C=O) groups excluding carboxylic acids is 1. The normalized spacial score (nSPS) is 45.4. The Morgan fingerprint density at radius 1 is 0.842 bits per heavy atom. The standard InChI is InChI=1S/C33H51NO4/c1-31-20-26(22-8-10-24(11-9-22)34(2)23-6-4-3-5-7-23)30-25(27(31)12-13-29(31)35)14-16-32(36)21-33(17-15-28(30)32)37-18-19-38-33/h22-27,36H,3-21H2,1-2H3/t22?,24?,25?,26?,27?,31?,32-/m1/s1. The van der Waals surface area contributed by atoms with Crippen LogP contribution >= 0.6 is 0 Å². The minimum absolute atomic E-state index is 0.155. The van der Waals surface area contributed by atoms with Crippen LogP contribution in [0.2, 0.25) is 0 Å². The molecule has 0 amide bonds. The second-order valence-corrected chi connectivity index (χ2v) is 14.7. The van der Waals surface area contributed by atoms with Crippen LogP contribution in [0.15, 0.2) is 11.1 Å². The highest BCUT2D eigenvalue weighted by molar-refractivity contribution is 5.87. The highest BCUT2D eigenvalue weighted by Gasteiger charge is 2.61. The molecule has 0 aromatic heterocycles. The lowest BCUT2D eigenvalue weighted by Crippen LogP contribution is -2.54. The summed E-state index contributed by atoms with van der Waals surface area (Å²) in [7, 11) is 2.40. The molecule has 0 aromatic carbocycles. The van der Waals surface area contributed by atoms with E-state index in [4.69, 9.17) is 9.47 Å². The van der Waals surface area contributed by atoms with Gasteiger partial charge in [-0.1, -0.05) is 31.8 Å². The van der Waals surface area contributed by atoms with Gasteiger partial charge in [0, 0.05) is 36.8 Å². The molecule has 4 unspecified atom stereocenters. The zero-order chi connectivity index (χ0) is 26.1. The summed E-state index contributed by atoms with van der Waals surface area (Å²) in [5.74, 6) is 2.03. The minimum Gasteiger partial charge on any atom is -0.385 e. The zero-order valence-electron chi connectivity index (χ0n) is 24.0. The molecule has 1 heterocycles. The van der Waals surface area contributed by atoms with Crippen LogP contribution in [0, 0.1) is 29.1 Å². The molecule has 1 saturated heterocycles. The Balaban J connectivity index is 1.17. The average molecular weight is 526 g/mol. The number of nitrogens with zero attached hydrogens (tertiary/aromatic N) is 1. The first-order valence-electron chi connectivity index (χ1n) is 16.3. The fraction of sp³-hybridized carbons (Fsp3) is 0.909. The molecule has 0 radical (unpaired) electrons. The number of carbonyl (C=O) groups is 1. The van der Waals surface area contributed by atoms with Crippen LogP contribution in [0.5, 0.6) is 0 Å². The number of fused-ring (bicyclic) bond motifs is 4. The van der Waals surface area contributed by atoms with Gasteiger partial charge in [0.1, 0.15) is 5.78 Å². The first kappa shape index (κ1) is 26.2. The van der Waals surface area contributed by atoms with Gasteiger partial charge in [-0.05, 0) is 107 Å². The topological polar surface area (TPSA) is 59.0 Å². The molecule has 5 saturated carbocycles. The van der Waals surface area contributed by atoms with E-state index < -0.39 is 11.4 Å². The van der Waals surface area contributed by atoms with Gasteiger partial charge in [-0.15, -0.1) is 0 Å². The summed E-state index contributed by atoms with van der Waals surface area (Å²) < 4.78 is 12.2. The van der Waals surface area contributed by atoms with Gasteiger partial charge in [0.2, 0.25) is 0 Å². The fourth-order valence-corrected chi connectivity index (χ4v) is 11.0. The molecule has 0 aromatic rings. The summed E-state index contributed by atoms with van der Waals surface area (Å²) in [4.78, 5) is 16.1. The molecule has 5 nitrogen and oxygen atoms in total. The summed E-state index contributed by atoms with van der Waals surface area (Å²) in [5.41, 5.74) is 2.03. The van der Waals surface area contributed by atoms with Gasteiger partial charge in [0.25, 0.3) is 0 Å². The third-order valence-electron chi connectivity index (χ3n) is 13.0. The van der Waals surface area contributed by atoms with Crippen molar-refractivity contribution in [3.8, 4) is 0 Å². The maximum Gasteiger partial charge on any atom is 0.171 e. The Bertz CT molecular complexity index is 956. The number of Topliss-reactive ketones (excluding diaryl/α,β-unsaturated/α-hetero) is 1. The molecule has 0 bridgehead atoms. The number of aliphatic hydroxyl groups is 1. The molecule has 1 N–H and O–H groups in total. The molecule has 6 fully saturated rings. The highest BCUT2D eigenvalue weighted by atomic mass is 16.7.